The molecule has 0 radical (unpaired) electrons. The van der Waals surface area contributed by atoms with Crippen LogP contribution in [0.2, 0.25) is 0 Å². The van der Waals surface area contributed by atoms with E-state index >= 15 is 0 Å². The van der Waals surface area contributed by atoms with Crippen molar-refractivity contribution in [2.24, 2.45) is 0 Å². The molecule has 3 rings (SSSR count). The monoisotopic (exact) mass is 327 g/mol. The van der Waals surface area contributed by atoms with Crippen molar-refractivity contribution in [3.8, 4) is 11.3 Å². The molecule has 0 aliphatic heterocycles. The molecule has 1 fully saturated rings. The van der Waals surface area contributed by atoms with E-state index in [1.807, 2.05) is 30.3 Å². The molecule has 0 bridgehead atoms. The third-order valence-electron chi connectivity index (χ3n) is 4.31. The van der Waals surface area contributed by atoms with Gasteiger partial charge < -0.3 is 10.4 Å². The highest BCUT2D eigenvalue weighted by atomic mass is 16.3. The quantitative estimate of drug-likeness (QED) is 0.887. The maximum Gasteiger partial charge on any atom is 0.267 e. The molecule has 0 spiro atoms. The number of nitrogens with one attached hydrogen (secondary N) is 1. The van der Waals surface area contributed by atoms with Gasteiger partial charge in [0.05, 0.1) is 17.8 Å². The van der Waals surface area contributed by atoms with Gasteiger partial charge in [-0.1, -0.05) is 43.2 Å². The first-order chi connectivity index (χ1) is 11.6. The average molecular weight is 327 g/mol. The number of carbonyl (C=O) groups excluding carboxylic acids is 1. The van der Waals surface area contributed by atoms with Gasteiger partial charge in [-0.25, -0.2) is 4.68 Å². The lowest BCUT2D eigenvalue weighted by molar-refractivity contribution is -0.123. The third-order valence-corrected chi connectivity index (χ3v) is 4.31. The van der Waals surface area contributed by atoms with E-state index < -0.39 is 6.10 Å². The number of hydrogen-bond acceptors (Lipinski definition) is 4. The third kappa shape index (κ3) is 3.89. The van der Waals surface area contributed by atoms with Crippen LogP contribution in [0.1, 0.15) is 25.7 Å². The van der Waals surface area contributed by atoms with Crippen molar-refractivity contribution in [1.29, 1.82) is 0 Å². The average Bonchev–Trinajstić information content (AvgIpc) is 2.60. The fourth-order valence-electron chi connectivity index (χ4n) is 2.99. The first-order valence-electron chi connectivity index (χ1n) is 8.24. The molecule has 6 heteroatoms. The lowest BCUT2D eigenvalue weighted by atomic mass is 9.92. The molecule has 1 aliphatic carbocycles. The Hall–Kier alpha value is -2.47. The number of hydrogen-bond donors (Lipinski definition) is 2. The number of aromatic nitrogens is 2. The zero-order valence-electron chi connectivity index (χ0n) is 13.4. The molecule has 1 amide bonds. The minimum Gasteiger partial charge on any atom is -0.391 e. The molecule has 24 heavy (non-hydrogen) atoms. The molecular weight excluding hydrogens is 306 g/mol. The summed E-state index contributed by atoms with van der Waals surface area (Å²) in [4.78, 5) is 24.2. The Balaban J connectivity index is 1.72. The van der Waals surface area contributed by atoms with Gasteiger partial charge in [0.25, 0.3) is 5.56 Å². The highest BCUT2D eigenvalue weighted by Gasteiger charge is 2.24. The SMILES string of the molecule is O=C(Cn1nc(-c2ccccc2)ccc1=O)NC1CCCCC1O. The summed E-state index contributed by atoms with van der Waals surface area (Å²) in [5.41, 5.74) is 1.20. The Bertz CT molecular complexity index is 758. The summed E-state index contributed by atoms with van der Waals surface area (Å²) in [5.74, 6) is -0.305. The minimum absolute atomic E-state index is 0.150. The Morgan fingerprint density at radius 1 is 1.17 bits per heavy atom. The Kier molecular flexibility index (Phi) is 5.05. The van der Waals surface area contributed by atoms with E-state index in [1.54, 1.807) is 6.07 Å². The molecule has 1 saturated carbocycles. The van der Waals surface area contributed by atoms with Crippen LogP contribution in [0.4, 0.5) is 0 Å². The molecule has 2 N–H and O–H groups in total. The van der Waals surface area contributed by atoms with E-state index in [0.717, 1.165) is 29.5 Å². The number of aliphatic hydroxyl groups excluding tert-OH is 1. The van der Waals surface area contributed by atoms with Gasteiger partial charge in [-0.2, -0.15) is 5.10 Å². The van der Waals surface area contributed by atoms with Gasteiger partial charge in [-0.05, 0) is 18.9 Å². The molecule has 1 aliphatic rings. The smallest absolute Gasteiger partial charge is 0.267 e. The molecule has 1 aromatic carbocycles. The molecule has 2 atom stereocenters. The lowest BCUT2D eigenvalue weighted by Gasteiger charge is -2.28. The fraction of sp³-hybridized carbons (Fsp3) is 0.389. The summed E-state index contributed by atoms with van der Waals surface area (Å²) >= 11 is 0. The maximum absolute atomic E-state index is 12.2. The van der Waals surface area contributed by atoms with E-state index in [1.165, 1.54) is 6.07 Å². The van der Waals surface area contributed by atoms with E-state index in [4.69, 9.17) is 0 Å². The standard InChI is InChI=1S/C18H21N3O3/c22-16-9-5-4-8-15(16)19-17(23)12-21-18(24)11-10-14(20-21)13-6-2-1-3-7-13/h1-3,6-7,10-11,15-16,22H,4-5,8-9,12H2,(H,19,23). The number of benzene rings is 1. The van der Waals surface area contributed by atoms with E-state index in [2.05, 4.69) is 10.4 Å². The fourth-order valence-corrected chi connectivity index (χ4v) is 2.99. The zero-order chi connectivity index (χ0) is 16.9. The number of carbonyl (C=O) groups is 1. The van der Waals surface area contributed by atoms with Crippen LogP contribution in [0, 0.1) is 0 Å². The van der Waals surface area contributed by atoms with E-state index in [-0.39, 0.29) is 24.1 Å². The summed E-state index contributed by atoms with van der Waals surface area (Å²) in [6, 6.07) is 12.3. The maximum atomic E-state index is 12.2. The van der Waals surface area contributed by atoms with Gasteiger partial charge in [0.1, 0.15) is 6.54 Å². The van der Waals surface area contributed by atoms with Crippen LogP contribution in [-0.2, 0) is 11.3 Å². The van der Waals surface area contributed by atoms with E-state index in [9.17, 15) is 14.7 Å². The predicted molar refractivity (Wildman–Crippen MR) is 90.3 cm³/mol. The van der Waals surface area contributed by atoms with Gasteiger partial charge in [0, 0.05) is 11.6 Å². The summed E-state index contributed by atoms with van der Waals surface area (Å²) in [6.07, 6.45) is 2.92. The van der Waals surface area contributed by atoms with Gasteiger partial charge in [0.2, 0.25) is 5.91 Å². The number of amides is 1. The second-order valence-corrected chi connectivity index (χ2v) is 6.11. The highest BCUT2D eigenvalue weighted by molar-refractivity contribution is 5.76. The molecule has 126 valence electrons. The van der Waals surface area contributed by atoms with Crippen LogP contribution in [0.25, 0.3) is 11.3 Å². The first-order valence-corrected chi connectivity index (χ1v) is 8.24. The van der Waals surface area contributed by atoms with Crippen LogP contribution < -0.4 is 10.9 Å². The van der Waals surface area contributed by atoms with Crippen molar-refractivity contribution >= 4 is 5.91 Å². The number of rotatable bonds is 4. The summed E-state index contributed by atoms with van der Waals surface area (Å²) in [5, 5.41) is 17.0. The molecule has 0 saturated heterocycles. The van der Waals surface area contributed by atoms with Crippen molar-refractivity contribution in [3.63, 3.8) is 0 Å². The highest BCUT2D eigenvalue weighted by Crippen LogP contribution is 2.18. The van der Waals surface area contributed by atoms with Gasteiger partial charge in [0.15, 0.2) is 0 Å². The van der Waals surface area contributed by atoms with Gasteiger partial charge >= 0.3 is 0 Å². The van der Waals surface area contributed by atoms with Crippen molar-refractivity contribution in [2.75, 3.05) is 0 Å². The molecule has 6 nitrogen and oxygen atoms in total. The summed E-state index contributed by atoms with van der Waals surface area (Å²) < 4.78 is 1.16. The van der Waals surface area contributed by atoms with Crippen LogP contribution in [-0.4, -0.2) is 32.9 Å². The molecule has 2 unspecified atom stereocenters. The molecular formula is C18H21N3O3. The normalized spacial score (nSPS) is 20.5. The number of aliphatic hydroxyl groups is 1. The molecule has 1 heterocycles. The minimum atomic E-state index is -0.511. The van der Waals surface area contributed by atoms with Crippen molar-refractivity contribution in [3.05, 3.63) is 52.8 Å². The Labute approximate surface area is 140 Å². The topological polar surface area (TPSA) is 84.2 Å². The second-order valence-electron chi connectivity index (χ2n) is 6.11. The van der Waals surface area contributed by atoms with E-state index in [0.29, 0.717) is 12.1 Å². The van der Waals surface area contributed by atoms with Crippen LogP contribution in [0.3, 0.4) is 0 Å². The Morgan fingerprint density at radius 2 is 1.92 bits per heavy atom. The molecule has 1 aromatic heterocycles. The van der Waals surface area contributed by atoms with Crippen LogP contribution in [0.15, 0.2) is 47.3 Å². The van der Waals surface area contributed by atoms with Crippen LogP contribution in [0.5, 0.6) is 0 Å². The zero-order valence-corrected chi connectivity index (χ0v) is 13.4. The predicted octanol–water partition coefficient (Wildman–Crippen LogP) is 1.33. The number of nitrogens with zero attached hydrogens (tertiary/aromatic N) is 2. The van der Waals surface area contributed by atoms with Gasteiger partial charge in [-0.15, -0.1) is 0 Å². The van der Waals surface area contributed by atoms with Gasteiger partial charge in [-0.3, -0.25) is 9.59 Å². The van der Waals surface area contributed by atoms with Crippen LogP contribution >= 0.6 is 0 Å². The second kappa shape index (κ2) is 7.40. The van der Waals surface area contributed by atoms with Crippen molar-refractivity contribution in [1.82, 2.24) is 15.1 Å². The van der Waals surface area contributed by atoms with Crippen molar-refractivity contribution in [2.45, 2.75) is 44.4 Å². The lowest BCUT2D eigenvalue weighted by Crippen LogP contribution is -2.47. The first kappa shape index (κ1) is 16.4. The molecule has 2 aromatic rings. The Morgan fingerprint density at radius 3 is 2.67 bits per heavy atom. The largest absolute Gasteiger partial charge is 0.391 e. The summed E-state index contributed by atoms with van der Waals surface area (Å²) in [6.45, 7) is -0.150. The van der Waals surface area contributed by atoms with Crippen molar-refractivity contribution < 1.29 is 9.90 Å². The summed E-state index contributed by atoms with van der Waals surface area (Å²) in [7, 11) is 0.